The zero-order valence-electron chi connectivity index (χ0n) is 11.6. The van der Waals surface area contributed by atoms with E-state index in [9.17, 15) is 13.2 Å². The molecule has 0 aliphatic heterocycles. The number of benzene rings is 1. The second-order valence-electron chi connectivity index (χ2n) is 4.43. The number of nitrogens with zero attached hydrogens (tertiary/aromatic N) is 1. The standard InChI is InChI=1S/C13H18ClNO5S/c1-2-3-6-15(7-8-16)21(19,20)12-9-10(13(17)18)4-5-11(12)14/h4-5,9,16H,2-3,6-8H2,1H3,(H,17,18). The van der Waals surface area contributed by atoms with Crippen LogP contribution in [-0.4, -0.2) is 48.6 Å². The summed E-state index contributed by atoms with van der Waals surface area (Å²) in [6, 6.07) is 3.53. The molecule has 1 aromatic rings. The van der Waals surface area contributed by atoms with E-state index in [4.69, 9.17) is 21.8 Å². The first kappa shape index (κ1) is 17.9. The third-order valence-electron chi connectivity index (χ3n) is 2.91. The van der Waals surface area contributed by atoms with Crippen LogP contribution in [0.5, 0.6) is 0 Å². The van der Waals surface area contributed by atoms with Gasteiger partial charge in [-0.3, -0.25) is 0 Å². The van der Waals surface area contributed by atoms with Crippen molar-refractivity contribution in [2.75, 3.05) is 19.7 Å². The van der Waals surface area contributed by atoms with Gasteiger partial charge >= 0.3 is 5.97 Å². The van der Waals surface area contributed by atoms with Gasteiger partial charge in [0.15, 0.2) is 0 Å². The van der Waals surface area contributed by atoms with Crippen LogP contribution in [-0.2, 0) is 10.0 Å². The smallest absolute Gasteiger partial charge is 0.335 e. The molecule has 0 aliphatic rings. The molecule has 0 saturated heterocycles. The molecule has 0 aromatic heterocycles. The van der Waals surface area contributed by atoms with E-state index in [1.54, 1.807) is 0 Å². The van der Waals surface area contributed by atoms with E-state index >= 15 is 0 Å². The van der Waals surface area contributed by atoms with Gasteiger partial charge in [0.2, 0.25) is 10.0 Å². The zero-order valence-corrected chi connectivity index (χ0v) is 13.2. The molecule has 6 nitrogen and oxygen atoms in total. The average Bonchev–Trinajstić information content (AvgIpc) is 2.43. The molecule has 0 radical (unpaired) electrons. The van der Waals surface area contributed by atoms with Gasteiger partial charge in [-0.15, -0.1) is 0 Å². The number of aliphatic hydroxyl groups excluding tert-OH is 1. The van der Waals surface area contributed by atoms with Crippen molar-refractivity contribution in [3.8, 4) is 0 Å². The molecule has 0 bridgehead atoms. The summed E-state index contributed by atoms with van der Waals surface area (Å²) in [6.07, 6.45) is 1.43. The maximum absolute atomic E-state index is 12.6. The fourth-order valence-electron chi connectivity index (χ4n) is 1.77. The Labute approximate surface area is 129 Å². The second-order valence-corrected chi connectivity index (χ2v) is 6.75. The predicted octanol–water partition coefficient (Wildman–Crippen LogP) is 1.82. The Bertz CT molecular complexity index is 603. The minimum atomic E-state index is -3.94. The SMILES string of the molecule is CCCCN(CCO)S(=O)(=O)c1cc(C(=O)O)ccc1Cl. The first-order chi connectivity index (χ1) is 9.84. The molecular weight excluding hydrogens is 318 g/mol. The topological polar surface area (TPSA) is 94.9 Å². The highest BCUT2D eigenvalue weighted by atomic mass is 35.5. The predicted molar refractivity (Wildman–Crippen MR) is 79.2 cm³/mol. The first-order valence-corrected chi connectivity index (χ1v) is 8.30. The maximum atomic E-state index is 12.6. The lowest BCUT2D eigenvalue weighted by atomic mass is 10.2. The quantitative estimate of drug-likeness (QED) is 0.755. The van der Waals surface area contributed by atoms with Gasteiger partial charge in [-0.25, -0.2) is 13.2 Å². The number of aliphatic hydroxyl groups is 1. The lowest BCUT2D eigenvalue weighted by molar-refractivity contribution is 0.0696. The molecular formula is C13H18ClNO5S. The van der Waals surface area contributed by atoms with Crippen LogP contribution >= 0.6 is 11.6 Å². The summed E-state index contributed by atoms with van der Waals surface area (Å²) in [7, 11) is -3.94. The van der Waals surface area contributed by atoms with Crippen LogP contribution in [0.25, 0.3) is 0 Å². The molecule has 0 fully saturated rings. The number of carbonyl (C=O) groups is 1. The van der Waals surface area contributed by atoms with Crippen LogP contribution in [0.3, 0.4) is 0 Å². The van der Waals surface area contributed by atoms with Gasteiger partial charge in [-0.05, 0) is 24.6 Å². The molecule has 0 spiro atoms. The molecule has 1 rings (SSSR count). The summed E-state index contributed by atoms with van der Waals surface area (Å²) in [5.41, 5.74) is -0.155. The lowest BCUT2D eigenvalue weighted by Gasteiger charge is -2.21. The van der Waals surface area contributed by atoms with E-state index in [0.29, 0.717) is 6.42 Å². The van der Waals surface area contributed by atoms with E-state index in [1.165, 1.54) is 12.1 Å². The molecule has 0 saturated carbocycles. The zero-order chi connectivity index (χ0) is 16.0. The largest absolute Gasteiger partial charge is 0.478 e. The Morgan fingerprint density at radius 3 is 2.52 bits per heavy atom. The van der Waals surface area contributed by atoms with Crippen molar-refractivity contribution < 1.29 is 23.4 Å². The van der Waals surface area contributed by atoms with Crippen molar-refractivity contribution in [2.45, 2.75) is 24.7 Å². The van der Waals surface area contributed by atoms with Crippen molar-refractivity contribution in [1.29, 1.82) is 0 Å². The molecule has 8 heteroatoms. The molecule has 21 heavy (non-hydrogen) atoms. The van der Waals surface area contributed by atoms with Gasteiger partial charge < -0.3 is 10.2 Å². The summed E-state index contributed by atoms with van der Waals surface area (Å²) in [4.78, 5) is 10.7. The molecule has 118 valence electrons. The summed E-state index contributed by atoms with van der Waals surface area (Å²) >= 11 is 5.90. The van der Waals surface area contributed by atoms with Gasteiger partial charge in [-0.1, -0.05) is 24.9 Å². The van der Waals surface area contributed by atoms with Crippen molar-refractivity contribution in [3.63, 3.8) is 0 Å². The van der Waals surface area contributed by atoms with Crippen molar-refractivity contribution in [2.24, 2.45) is 0 Å². The van der Waals surface area contributed by atoms with Crippen molar-refractivity contribution >= 4 is 27.6 Å². The van der Waals surface area contributed by atoms with Gasteiger partial charge in [0.05, 0.1) is 17.2 Å². The molecule has 0 unspecified atom stereocenters. The van der Waals surface area contributed by atoms with Gasteiger partial charge in [0, 0.05) is 13.1 Å². The Kier molecular flexibility index (Phi) is 6.60. The number of unbranched alkanes of at least 4 members (excludes halogenated alkanes) is 1. The number of carboxylic acid groups (broad SMARTS) is 1. The maximum Gasteiger partial charge on any atom is 0.335 e. The Morgan fingerprint density at radius 2 is 2.00 bits per heavy atom. The number of sulfonamides is 1. The van der Waals surface area contributed by atoms with E-state index in [1.807, 2.05) is 6.92 Å². The number of aromatic carboxylic acids is 1. The molecule has 0 heterocycles. The monoisotopic (exact) mass is 335 g/mol. The van der Waals surface area contributed by atoms with Crippen LogP contribution in [0.4, 0.5) is 0 Å². The van der Waals surface area contributed by atoms with Gasteiger partial charge in [0.1, 0.15) is 4.90 Å². The third kappa shape index (κ3) is 4.41. The van der Waals surface area contributed by atoms with Gasteiger partial charge in [0.25, 0.3) is 0 Å². The highest BCUT2D eigenvalue weighted by Crippen LogP contribution is 2.26. The lowest BCUT2D eigenvalue weighted by Crippen LogP contribution is -2.34. The van der Waals surface area contributed by atoms with E-state index < -0.39 is 16.0 Å². The number of hydrogen-bond donors (Lipinski definition) is 2. The number of carboxylic acids is 1. The fourth-order valence-corrected chi connectivity index (χ4v) is 3.74. The molecule has 0 aliphatic carbocycles. The number of hydrogen-bond acceptors (Lipinski definition) is 4. The summed E-state index contributed by atoms with van der Waals surface area (Å²) < 4.78 is 26.2. The van der Waals surface area contributed by atoms with Crippen LogP contribution < -0.4 is 0 Å². The minimum absolute atomic E-state index is 0.0422. The van der Waals surface area contributed by atoms with Crippen molar-refractivity contribution in [1.82, 2.24) is 4.31 Å². The fraction of sp³-hybridized carbons (Fsp3) is 0.462. The summed E-state index contributed by atoms with van der Waals surface area (Å²) in [5, 5.41) is 17.9. The Morgan fingerprint density at radius 1 is 1.33 bits per heavy atom. The Balaban J connectivity index is 3.26. The Hall–Kier alpha value is -1.15. The minimum Gasteiger partial charge on any atom is -0.478 e. The summed E-state index contributed by atoms with van der Waals surface area (Å²) in [5.74, 6) is -1.23. The van der Waals surface area contributed by atoms with Crippen LogP contribution in [0.15, 0.2) is 23.1 Å². The average molecular weight is 336 g/mol. The van der Waals surface area contributed by atoms with Crippen LogP contribution in [0.2, 0.25) is 5.02 Å². The highest BCUT2D eigenvalue weighted by Gasteiger charge is 2.27. The molecule has 0 amide bonds. The summed E-state index contributed by atoms with van der Waals surface area (Å²) in [6.45, 7) is 1.78. The van der Waals surface area contributed by atoms with Crippen LogP contribution in [0.1, 0.15) is 30.1 Å². The van der Waals surface area contributed by atoms with E-state index in [0.717, 1.165) is 16.8 Å². The van der Waals surface area contributed by atoms with Gasteiger partial charge in [-0.2, -0.15) is 4.31 Å². The van der Waals surface area contributed by atoms with Crippen molar-refractivity contribution in [3.05, 3.63) is 28.8 Å². The third-order valence-corrected chi connectivity index (χ3v) is 5.29. The normalized spacial score (nSPS) is 11.8. The first-order valence-electron chi connectivity index (χ1n) is 6.48. The second kappa shape index (κ2) is 7.74. The molecule has 2 N–H and O–H groups in total. The van der Waals surface area contributed by atoms with Crippen LogP contribution in [0, 0.1) is 0 Å². The molecule has 1 aromatic carbocycles. The van der Waals surface area contributed by atoms with E-state index in [-0.39, 0.29) is 35.2 Å². The van der Waals surface area contributed by atoms with E-state index in [2.05, 4.69) is 0 Å². The number of halogens is 1. The number of rotatable bonds is 8. The highest BCUT2D eigenvalue weighted by molar-refractivity contribution is 7.89. The molecule has 0 atom stereocenters.